The number of hydrogen-bond acceptors (Lipinski definition) is 4. The van der Waals surface area contributed by atoms with E-state index in [1.54, 1.807) is 0 Å². The van der Waals surface area contributed by atoms with Gasteiger partial charge in [0.1, 0.15) is 17.6 Å². The fourth-order valence-corrected chi connectivity index (χ4v) is 3.75. The number of likely N-dealkylation sites (tertiary alicyclic amines) is 1. The van der Waals surface area contributed by atoms with Crippen LogP contribution >= 0.6 is 0 Å². The smallest absolute Gasteiger partial charge is 0.314 e. The Balaban J connectivity index is 1.66. The van der Waals surface area contributed by atoms with Gasteiger partial charge in [-0.25, -0.2) is 0 Å². The van der Waals surface area contributed by atoms with Gasteiger partial charge in [0.2, 0.25) is 0 Å². The molecule has 3 rings (SSSR count). The van der Waals surface area contributed by atoms with Crippen molar-refractivity contribution in [1.29, 1.82) is 0 Å². The molecule has 6 nitrogen and oxygen atoms in total. The summed E-state index contributed by atoms with van der Waals surface area (Å²) in [7, 11) is 0. The van der Waals surface area contributed by atoms with Gasteiger partial charge in [-0.05, 0) is 58.5 Å². The summed E-state index contributed by atoms with van der Waals surface area (Å²) in [5.74, 6) is 1.05. The number of nitrogens with zero attached hydrogens (tertiary/aromatic N) is 4. The minimum atomic E-state index is -0.773. The number of carbonyl (C=O) groups is 1. The van der Waals surface area contributed by atoms with E-state index in [1.165, 1.54) is 12.8 Å². The van der Waals surface area contributed by atoms with Gasteiger partial charge < -0.3 is 14.6 Å². The van der Waals surface area contributed by atoms with E-state index in [-0.39, 0.29) is 0 Å². The highest BCUT2D eigenvalue weighted by molar-refractivity contribution is 5.75. The summed E-state index contributed by atoms with van der Waals surface area (Å²) in [6.07, 6.45) is 4.91. The topological polar surface area (TPSA) is 71.2 Å². The largest absolute Gasteiger partial charge is 0.481 e. The summed E-state index contributed by atoms with van der Waals surface area (Å²) >= 11 is 0. The highest BCUT2D eigenvalue weighted by Crippen LogP contribution is 2.29. The predicted molar refractivity (Wildman–Crippen MR) is 82.8 cm³/mol. The zero-order valence-corrected chi connectivity index (χ0v) is 13.5. The third-order valence-electron chi connectivity index (χ3n) is 5.19. The van der Waals surface area contributed by atoms with Gasteiger partial charge in [-0.1, -0.05) is 0 Å². The summed E-state index contributed by atoms with van der Waals surface area (Å²) in [6.45, 7) is 7.68. The molecule has 0 aliphatic carbocycles. The van der Waals surface area contributed by atoms with Crippen LogP contribution in [-0.4, -0.2) is 49.9 Å². The number of fused-ring (bicyclic) bond motifs is 1. The Kier molecular flexibility index (Phi) is 4.47. The van der Waals surface area contributed by atoms with Crippen LogP contribution in [0.25, 0.3) is 0 Å². The summed E-state index contributed by atoms with van der Waals surface area (Å²) in [5.41, 5.74) is 0. The fourth-order valence-electron chi connectivity index (χ4n) is 3.75. The lowest BCUT2D eigenvalue weighted by Crippen LogP contribution is -2.39. The average Bonchev–Trinajstić information content (AvgIpc) is 2.91. The lowest BCUT2D eigenvalue weighted by Gasteiger charge is -2.34. The molecule has 1 aromatic rings. The Morgan fingerprint density at radius 2 is 1.95 bits per heavy atom. The molecule has 122 valence electrons. The molecule has 2 aliphatic rings. The maximum Gasteiger partial charge on any atom is 0.314 e. The molecular formula is C16H26N4O2. The summed E-state index contributed by atoms with van der Waals surface area (Å²) in [4.78, 5) is 13.9. The van der Waals surface area contributed by atoms with Crippen LogP contribution in [0.15, 0.2) is 0 Å². The second-order valence-electron chi connectivity index (χ2n) is 6.94. The van der Waals surface area contributed by atoms with Crippen LogP contribution in [0.1, 0.15) is 57.1 Å². The average molecular weight is 306 g/mol. The quantitative estimate of drug-likeness (QED) is 0.920. The number of carboxylic acid groups (broad SMARTS) is 1. The monoisotopic (exact) mass is 306 g/mol. The maximum absolute atomic E-state index is 11.3. The van der Waals surface area contributed by atoms with Gasteiger partial charge in [-0.3, -0.25) is 4.79 Å². The van der Waals surface area contributed by atoms with Crippen LogP contribution < -0.4 is 0 Å². The van der Waals surface area contributed by atoms with Gasteiger partial charge in [-0.2, -0.15) is 0 Å². The van der Waals surface area contributed by atoms with Crippen molar-refractivity contribution in [3.8, 4) is 0 Å². The molecule has 1 N–H and O–H groups in total. The van der Waals surface area contributed by atoms with Gasteiger partial charge in [0.15, 0.2) is 0 Å². The van der Waals surface area contributed by atoms with Crippen LogP contribution in [0.3, 0.4) is 0 Å². The standard InChI is InChI=1S/C16H26N4O2/c1-11(2)19-8-5-12(6-9-19)10-14-17-18-15-13(16(21)22)4-3-7-20(14)15/h11-13H,3-10H2,1-2H3,(H,21,22). The molecule has 0 bridgehead atoms. The molecule has 1 atom stereocenters. The zero-order chi connectivity index (χ0) is 15.7. The van der Waals surface area contributed by atoms with Gasteiger partial charge in [-0.15, -0.1) is 10.2 Å². The Labute approximate surface area is 131 Å². The third kappa shape index (κ3) is 3.02. The van der Waals surface area contributed by atoms with Gasteiger partial charge >= 0.3 is 5.97 Å². The molecule has 22 heavy (non-hydrogen) atoms. The van der Waals surface area contributed by atoms with Crippen molar-refractivity contribution in [3.63, 3.8) is 0 Å². The number of piperidine rings is 1. The molecular weight excluding hydrogens is 280 g/mol. The van der Waals surface area contributed by atoms with Crippen molar-refractivity contribution >= 4 is 5.97 Å². The lowest BCUT2D eigenvalue weighted by atomic mass is 9.92. The van der Waals surface area contributed by atoms with Crippen molar-refractivity contribution in [1.82, 2.24) is 19.7 Å². The summed E-state index contributed by atoms with van der Waals surface area (Å²) < 4.78 is 2.07. The highest BCUT2D eigenvalue weighted by atomic mass is 16.4. The van der Waals surface area contributed by atoms with Crippen LogP contribution in [0, 0.1) is 5.92 Å². The number of aromatic nitrogens is 3. The molecule has 0 spiro atoms. The maximum atomic E-state index is 11.3. The first-order valence-corrected chi connectivity index (χ1v) is 8.45. The predicted octanol–water partition coefficient (Wildman–Crippen LogP) is 1.90. The van der Waals surface area contributed by atoms with E-state index < -0.39 is 11.9 Å². The SMILES string of the molecule is CC(C)N1CCC(Cc2nnc3n2CCCC3C(=O)O)CC1. The molecule has 1 unspecified atom stereocenters. The molecule has 6 heteroatoms. The van der Waals surface area contributed by atoms with Crippen molar-refractivity contribution in [3.05, 3.63) is 11.6 Å². The van der Waals surface area contributed by atoms with E-state index in [2.05, 4.69) is 33.5 Å². The van der Waals surface area contributed by atoms with E-state index in [0.717, 1.165) is 38.3 Å². The second-order valence-corrected chi connectivity index (χ2v) is 6.94. The van der Waals surface area contributed by atoms with Crippen LogP contribution in [0.5, 0.6) is 0 Å². The molecule has 0 aromatic carbocycles. The van der Waals surface area contributed by atoms with Gasteiger partial charge in [0.05, 0.1) is 0 Å². The zero-order valence-electron chi connectivity index (χ0n) is 13.5. The van der Waals surface area contributed by atoms with E-state index in [9.17, 15) is 9.90 Å². The minimum Gasteiger partial charge on any atom is -0.481 e. The number of aliphatic carboxylic acids is 1. The van der Waals surface area contributed by atoms with E-state index in [0.29, 0.717) is 24.2 Å². The molecule has 1 saturated heterocycles. The van der Waals surface area contributed by atoms with Crippen LogP contribution in [0.4, 0.5) is 0 Å². The molecule has 3 heterocycles. The molecule has 0 amide bonds. The Hall–Kier alpha value is -1.43. The van der Waals surface area contributed by atoms with Gasteiger partial charge in [0, 0.05) is 19.0 Å². The minimum absolute atomic E-state index is 0.474. The van der Waals surface area contributed by atoms with Gasteiger partial charge in [0.25, 0.3) is 0 Å². The van der Waals surface area contributed by atoms with E-state index in [4.69, 9.17) is 0 Å². The number of rotatable bonds is 4. The molecule has 1 fully saturated rings. The summed E-state index contributed by atoms with van der Waals surface area (Å²) in [5, 5.41) is 17.8. The molecule has 0 saturated carbocycles. The highest BCUT2D eigenvalue weighted by Gasteiger charge is 2.31. The Bertz CT molecular complexity index is 532. The van der Waals surface area contributed by atoms with Crippen molar-refractivity contribution in [2.75, 3.05) is 13.1 Å². The number of hydrogen-bond donors (Lipinski definition) is 1. The van der Waals surface area contributed by atoms with Crippen molar-refractivity contribution < 1.29 is 9.90 Å². The van der Waals surface area contributed by atoms with E-state index in [1.807, 2.05) is 0 Å². The normalized spacial score (nSPS) is 23.7. The second kappa shape index (κ2) is 6.36. The molecule has 0 radical (unpaired) electrons. The van der Waals surface area contributed by atoms with Crippen molar-refractivity contribution in [2.24, 2.45) is 5.92 Å². The first kappa shape index (κ1) is 15.5. The first-order chi connectivity index (χ1) is 10.6. The van der Waals surface area contributed by atoms with E-state index >= 15 is 0 Å². The Morgan fingerprint density at radius 1 is 1.23 bits per heavy atom. The van der Waals surface area contributed by atoms with Crippen molar-refractivity contribution in [2.45, 2.75) is 64.5 Å². The van der Waals surface area contributed by atoms with Crippen LogP contribution in [-0.2, 0) is 17.8 Å². The van der Waals surface area contributed by atoms with Crippen LogP contribution in [0.2, 0.25) is 0 Å². The molecule has 2 aliphatic heterocycles. The third-order valence-corrected chi connectivity index (χ3v) is 5.19. The Morgan fingerprint density at radius 3 is 2.59 bits per heavy atom. The lowest BCUT2D eigenvalue weighted by molar-refractivity contribution is -0.139. The molecule has 1 aromatic heterocycles. The number of carboxylic acids is 1. The first-order valence-electron chi connectivity index (χ1n) is 8.45. The summed E-state index contributed by atoms with van der Waals surface area (Å²) in [6, 6.07) is 0.623. The fraction of sp³-hybridized carbons (Fsp3) is 0.812.